The van der Waals surface area contributed by atoms with E-state index in [0.717, 1.165) is 0 Å². The van der Waals surface area contributed by atoms with Gasteiger partial charge in [-0.15, -0.1) is 0 Å². The molecule has 1 rings (SSSR count). The third kappa shape index (κ3) is 1.83. The molecule has 1 aliphatic rings. The summed E-state index contributed by atoms with van der Waals surface area (Å²) in [6.07, 6.45) is 8.06. The van der Waals surface area contributed by atoms with Crippen LogP contribution in [0.1, 0.15) is 20.3 Å². The van der Waals surface area contributed by atoms with Crippen molar-refractivity contribution in [2.75, 3.05) is 0 Å². The van der Waals surface area contributed by atoms with Gasteiger partial charge in [0.15, 0.2) is 5.78 Å². The molecule has 0 fully saturated rings. The summed E-state index contributed by atoms with van der Waals surface area (Å²) in [5.74, 6) is 0.218. The minimum absolute atomic E-state index is 0.0422. The van der Waals surface area contributed by atoms with E-state index in [0.29, 0.717) is 6.42 Å². The van der Waals surface area contributed by atoms with Gasteiger partial charge >= 0.3 is 0 Å². The van der Waals surface area contributed by atoms with Gasteiger partial charge in [-0.25, -0.2) is 0 Å². The average molecular weight is 136 g/mol. The Labute approximate surface area is 61.4 Å². The van der Waals surface area contributed by atoms with Crippen LogP contribution in [0.4, 0.5) is 0 Å². The molecule has 0 amide bonds. The summed E-state index contributed by atoms with van der Waals surface area (Å²) in [5, 5.41) is 0. The first kappa shape index (κ1) is 7.26. The van der Waals surface area contributed by atoms with Crippen LogP contribution in [-0.4, -0.2) is 5.78 Å². The highest BCUT2D eigenvalue weighted by atomic mass is 16.1. The maximum absolute atomic E-state index is 11.0. The van der Waals surface area contributed by atoms with Gasteiger partial charge in [-0.2, -0.15) is 0 Å². The van der Waals surface area contributed by atoms with Crippen molar-refractivity contribution in [1.29, 1.82) is 0 Å². The smallest absolute Gasteiger partial charge is 0.156 e. The number of ketones is 1. The molecular weight excluding hydrogens is 124 g/mol. The third-order valence-electron chi connectivity index (χ3n) is 1.57. The lowest BCUT2D eigenvalue weighted by atomic mass is 9.88. The van der Waals surface area contributed by atoms with Crippen molar-refractivity contribution in [3.8, 4) is 0 Å². The molecule has 0 aromatic heterocycles. The van der Waals surface area contributed by atoms with Crippen LogP contribution in [0.25, 0.3) is 0 Å². The standard InChI is InChI=1S/C9H12O/c1-9(2)6-4-3-5-8(10)7-9/h3-6H,7H2,1-2H3. The van der Waals surface area contributed by atoms with E-state index in [4.69, 9.17) is 0 Å². The van der Waals surface area contributed by atoms with Crippen LogP contribution in [0, 0.1) is 5.41 Å². The van der Waals surface area contributed by atoms with Crippen LogP contribution in [-0.2, 0) is 4.79 Å². The van der Waals surface area contributed by atoms with Crippen molar-refractivity contribution >= 4 is 5.78 Å². The highest BCUT2D eigenvalue weighted by molar-refractivity contribution is 5.90. The van der Waals surface area contributed by atoms with Crippen molar-refractivity contribution in [2.24, 2.45) is 5.41 Å². The molecule has 0 spiro atoms. The average Bonchev–Trinajstić information content (AvgIpc) is 1.90. The quantitative estimate of drug-likeness (QED) is 0.498. The molecule has 0 saturated carbocycles. The fourth-order valence-electron chi connectivity index (χ4n) is 1.05. The van der Waals surface area contributed by atoms with Gasteiger partial charge in [0.25, 0.3) is 0 Å². The van der Waals surface area contributed by atoms with E-state index in [1.807, 2.05) is 6.08 Å². The maximum Gasteiger partial charge on any atom is 0.156 e. The van der Waals surface area contributed by atoms with Gasteiger partial charge in [0.1, 0.15) is 0 Å². The minimum Gasteiger partial charge on any atom is -0.295 e. The van der Waals surface area contributed by atoms with Crippen molar-refractivity contribution in [3.05, 3.63) is 24.3 Å². The van der Waals surface area contributed by atoms with Crippen LogP contribution in [0.2, 0.25) is 0 Å². The highest BCUT2D eigenvalue weighted by Crippen LogP contribution is 2.24. The molecule has 1 heteroatoms. The van der Waals surface area contributed by atoms with E-state index in [2.05, 4.69) is 19.9 Å². The summed E-state index contributed by atoms with van der Waals surface area (Å²) in [7, 11) is 0. The van der Waals surface area contributed by atoms with E-state index in [-0.39, 0.29) is 11.2 Å². The number of carbonyl (C=O) groups is 1. The fraction of sp³-hybridized carbons (Fsp3) is 0.444. The van der Waals surface area contributed by atoms with E-state index in [9.17, 15) is 4.79 Å². The molecule has 0 N–H and O–H groups in total. The highest BCUT2D eigenvalue weighted by Gasteiger charge is 2.17. The van der Waals surface area contributed by atoms with Crippen molar-refractivity contribution in [2.45, 2.75) is 20.3 Å². The maximum atomic E-state index is 11.0. The third-order valence-corrected chi connectivity index (χ3v) is 1.57. The molecular formula is C9H12O. The molecule has 0 saturated heterocycles. The van der Waals surface area contributed by atoms with Gasteiger partial charge in [-0.1, -0.05) is 32.1 Å². The van der Waals surface area contributed by atoms with Gasteiger partial charge in [0, 0.05) is 6.42 Å². The number of allylic oxidation sites excluding steroid dienone is 4. The second-order valence-electron chi connectivity index (χ2n) is 3.35. The Bertz CT molecular complexity index is 197. The van der Waals surface area contributed by atoms with Crippen molar-refractivity contribution in [1.82, 2.24) is 0 Å². The molecule has 0 bridgehead atoms. The Kier molecular flexibility index (Phi) is 1.75. The van der Waals surface area contributed by atoms with Gasteiger partial charge in [0.05, 0.1) is 0 Å². The SMILES string of the molecule is CC1(C)C=CC=CC(=O)C1. The Hall–Kier alpha value is -0.850. The zero-order valence-electron chi connectivity index (χ0n) is 6.42. The first-order chi connectivity index (χ1) is 4.60. The lowest BCUT2D eigenvalue weighted by Gasteiger charge is -2.16. The molecule has 0 aromatic carbocycles. The second kappa shape index (κ2) is 2.41. The van der Waals surface area contributed by atoms with Crippen molar-refractivity contribution < 1.29 is 4.79 Å². The Morgan fingerprint density at radius 1 is 1.40 bits per heavy atom. The second-order valence-corrected chi connectivity index (χ2v) is 3.35. The largest absolute Gasteiger partial charge is 0.295 e. The Morgan fingerprint density at radius 2 is 2.10 bits per heavy atom. The molecule has 0 heterocycles. The number of carbonyl (C=O) groups excluding carboxylic acids is 1. The topological polar surface area (TPSA) is 17.1 Å². The van der Waals surface area contributed by atoms with E-state index in [1.165, 1.54) is 0 Å². The fourth-order valence-corrected chi connectivity index (χ4v) is 1.05. The first-order valence-electron chi connectivity index (χ1n) is 3.49. The number of rotatable bonds is 0. The van der Waals surface area contributed by atoms with E-state index in [1.54, 1.807) is 12.2 Å². The Balaban J connectivity index is 2.79. The summed E-state index contributed by atoms with van der Waals surface area (Å²) in [4.78, 5) is 11.0. The predicted octanol–water partition coefficient (Wildman–Crippen LogP) is 2.10. The van der Waals surface area contributed by atoms with Crippen LogP contribution < -0.4 is 0 Å². The van der Waals surface area contributed by atoms with Gasteiger partial charge in [0.2, 0.25) is 0 Å². The lowest BCUT2D eigenvalue weighted by molar-refractivity contribution is -0.115. The predicted molar refractivity (Wildman–Crippen MR) is 41.7 cm³/mol. The summed E-state index contributed by atoms with van der Waals surface area (Å²) in [6, 6.07) is 0. The molecule has 1 aliphatic carbocycles. The molecule has 0 atom stereocenters. The number of hydrogen-bond acceptors (Lipinski definition) is 1. The monoisotopic (exact) mass is 136 g/mol. The van der Waals surface area contributed by atoms with Crippen LogP contribution in [0.15, 0.2) is 24.3 Å². The molecule has 1 nitrogen and oxygen atoms in total. The van der Waals surface area contributed by atoms with Gasteiger partial charge in [-0.05, 0) is 11.5 Å². The molecule has 10 heavy (non-hydrogen) atoms. The lowest BCUT2D eigenvalue weighted by Crippen LogP contribution is -2.11. The van der Waals surface area contributed by atoms with Gasteiger partial charge < -0.3 is 0 Å². The number of hydrogen-bond donors (Lipinski definition) is 0. The Morgan fingerprint density at radius 3 is 2.80 bits per heavy atom. The van der Waals surface area contributed by atoms with Gasteiger partial charge in [-0.3, -0.25) is 4.79 Å². The molecule has 0 aromatic rings. The normalized spacial score (nSPS) is 22.8. The van der Waals surface area contributed by atoms with Crippen LogP contribution in [0.5, 0.6) is 0 Å². The minimum atomic E-state index is 0.0422. The van der Waals surface area contributed by atoms with Crippen LogP contribution >= 0.6 is 0 Å². The molecule has 0 radical (unpaired) electrons. The van der Waals surface area contributed by atoms with Crippen LogP contribution in [0.3, 0.4) is 0 Å². The molecule has 54 valence electrons. The molecule has 0 aliphatic heterocycles. The first-order valence-corrected chi connectivity index (χ1v) is 3.49. The summed E-state index contributed by atoms with van der Waals surface area (Å²) < 4.78 is 0. The van der Waals surface area contributed by atoms with E-state index >= 15 is 0 Å². The zero-order chi connectivity index (χ0) is 7.61. The summed E-state index contributed by atoms with van der Waals surface area (Å²) in [6.45, 7) is 4.13. The molecule has 0 unspecified atom stereocenters. The zero-order valence-corrected chi connectivity index (χ0v) is 6.42. The summed E-state index contributed by atoms with van der Waals surface area (Å²) in [5.41, 5.74) is 0.0422. The van der Waals surface area contributed by atoms with Crippen molar-refractivity contribution in [3.63, 3.8) is 0 Å². The van der Waals surface area contributed by atoms with E-state index < -0.39 is 0 Å². The summed E-state index contributed by atoms with van der Waals surface area (Å²) >= 11 is 0.